The molecule has 1 aromatic heterocycles. The zero-order valence-electron chi connectivity index (χ0n) is 12.2. The van der Waals surface area contributed by atoms with Gasteiger partial charge in [-0.2, -0.15) is 0 Å². The zero-order chi connectivity index (χ0) is 14.4. The fraction of sp³-hybridized carbons (Fsp3) is 0.375. The van der Waals surface area contributed by atoms with E-state index in [0.29, 0.717) is 6.61 Å². The molecule has 4 nitrogen and oxygen atoms in total. The largest absolute Gasteiger partial charge is 0.492 e. The molecule has 20 heavy (non-hydrogen) atoms. The SMILES string of the molecule is Cc1ccc(OCC(C)NC(C)c2cnccn2)cc1. The first-order valence-corrected chi connectivity index (χ1v) is 6.86. The van der Waals surface area contributed by atoms with Gasteiger partial charge in [-0.3, -0.25) is 9.97 Å². The average Bonchev–Trinajstić information content (AvgIpc) is 2.47. The lowest BCUT2D eigenvalue weighted by molar-refractivity contribution is 0.263. The fourth-order valence-corrected chi connectivity index (χ4v) is 1.95. The molecule has 0 aliphatic carbocycles. The number of benzene rings is 1. The summed E-state index contributed by atoms with van der Waals surface area (Å²) in [4.78, 5) is 8.37. The van der Waals surface area contributed by atoms with Gasteiger partial charge in [-0.25, -0.2) is 0 Å². The maximum atomic E-state index is 5.76. The van der Waals surface area contributed by atoms with Crippen LogP contribution in [0.25, 0.3) is 0 Å². The van der Waals surface area contributed by atoms with E-state index in [9.17, 15) is 0 Å². The average molecular weight is 271 g/mol. The number of ether oxygens (including phenoxy) is 1. The Hall–Kier alpha value is -1.94. The Bertz CT molecular complexity index is 513. The van der Waals surface area contributed by atoms with Crippen molar-refractivity contribution in [3.8, 4) is 5.75 Å². The molecule has 2 rings (SSSR count). The number of nitrogens with zero attached hydrogens (tertiary/aromatic N) is 2. The van der Waals surface area contributed by atoms with Gasteiger partial charge in [0.05, 0.1) is 5.69 Å². The second-order valence-electron chi connectivity index (χ2n) is 5.04. The molecule has 0 aliphatic rings. The van der Waals surface area contributed by atoms with Crippen molar-refractivity contribution >= 4 is 0 Å². The fourth-order valence-electron chi connectivity index (χ4n) is 1.95. The third kappa shape index (κ3) is 4.31. The minimum atomic E-state index is 0.153. The Balaban J connectivity index is 1.80. The van der Waals surface area contributed by atoms with Crippen LogP contribution in [0.5, 0.6) is 5.75 Å². The molecular formula is C16H21N3O. The van der Waals surface area contributed by atoms with Gasteiger partial charge in [-0.05, 0) is 32.9 Å². The minimum absolute atomic E-state index is 0.153. The van der Waals surface area contributed by atoms with Gasteiger partial charge in [0.25, 0.3) is 0 Å². The summed E-state index contributed by atoms with van der Waals surface area (Å²) in [6, 6.07) is 8.47. The lowest BCUT2D eigenvalue weighted by Crippen LogP contribution is -2.34. The summed E-state index contributed by atoms with van der Waals surface area (Å²) in [5, 5.41) is 3.45. The Morgan fingerprint density at radius 1 is 1.15 bits per heavy atom. The number of nitrogens with one attached hydrogen (secondary N) is 1. The second-order valence-corrected chi connectivity index (χ2v) is 5.04. The van der Waals surface area contributed by atoms with E-state index in [-0.39, 0.29) is 12.1 Å². The quantitative estimate of drug-likeness (QED) is 0.877. The van der Waals surface area contributed by atoms with Crippen LogP contribution in [0.2, 0.25) is 0 Å². The maximum Gasteiger partial charge on any atom is 0.119 e. The van der Waals surface area contributed by atoms with Crippen molar-refractivity contribution in [1.82, 2.24) is 15.3 Å². The summed E-state index contributed by atoms with van der Waals surface area (Å²) in [5.74, 6) is 0.899. The van der Waals surface area contributed by atoms with Crippen LogP contribution in [0, 0.1) is 6.92 Å². The maximum absolute atomic E-state index is 5.76. The molecule has 1 N–H and O–H groups in total. The Kier molecular flexibility index (Phi) is 5.07. The van der Waals surface area contributed by atoms with Gasteiger partial charge in [0.1, 0.15) is 12.4 Å². The van der Waals surface area contributed by atoms with Gasteiger partial charge in [0.2, 0.25) is 0 Å². The van der Waals surface area contributed by atoms with Crippen molar-refractivity contribution in [1.29, 1.82) is 0 Å². The van der Waals surface area contributed by atoms with E-state index in [1.54, 1.807) is 18.6 Å². The van der Waals surface area contributed by atoms with Gasteiger partial charge in [0.15, 0.2) is 0 Å². The molecule has 0 aliphatic heterocycles. The number of hydrogen-bond donors (Lipinski definition) is 1. The van der Waals surface area contributed by atoms with E-state index >= 15 is 0 Å². The van der Waals surface area contributed by atoms with Crippen LogP contribution in [0.4, 0.5) is 0 Å². The first kappa shape index (κ1) is 14.5. The minimum Gasteiger partial charge on any atom is -0.492 e. The van der Waals surface area contributed by atoms with Crippen molar-refractivity contribution in [2.24, 2.45) is 0 Å². The van der Waals surface area contributed by atoms with E-state index in [2.05, 4.69) is 48.2 Å². The van der Waals surface area contributed by atoms with Crippen LogP contribution >= 0.6 is 0 Å². The number of aromatic nitrogens is 2. The van der Waals surface area contributed by atoms with E-state index in [4.69, 9.17) is 4.74 Å². The number of rotatable bonds is 6. The van der Waals surface area contributed by atoms with Crippen molar-refractivity contribution in [3.63, 3.8) is 0 Å². The number of aryl methyl sites for hydroxylation is 1. The third-order valence-corrected chi connectivity index (χ3v) is 3.08. The van der Waals surface area contributed by atoms with Crippen molar-refractivity contribution in [3.05, 3.63) is 54.1 Å². The predicted octanol–water partition coefficient (Wildman–Crippen LogP) is 2.90. The van der Waals surface area contributed by atoms with Gasteiger partial charge >= 0.3 is 0 Å². The highest BCUT2D eigenvalue weighted by molar-refractivity contribution is 5.26. The van der Waals surface area contributed by atoms with E-state index in [0.717, 1.165) is 11.4 Å². The van der Waals surface area contributed by atoms with Gasteiger partial charge in [0, 0.05) is 30.7 Å². The molecule has 0 bridgehead atoms. The molecule has 0 spiro atoms. The highest BCUT2D eigenvalue weighted by Crippen LogP contribution is 2.12. The molecule has 2 atom stereocenters. The highest BCUT2D eigenvalue weighted by atomic mass is 16.5. The summed E-state index contributed by atoms with van der Waals surface area (Å²) in [7, 11) is 0. The highest BCUT2D eigenvalue weighted by Gasteiger charge is 2.11. The Labute approximate surface area is 120 Å². The molecule has 0 amide bonds. The van der Waals surface area contributed by atoms with Crippen molar-refractivity contribution in [2.75, 3.05) is 6.61 Å². The zero-order valence-corrected chi connectivity index (χ0v) is 12.2. The van der Waals surface area contributed by atoms with Crippen LogP contribution in [0.3, 0.4) is 0 Å². The van der Waals surface area contributed by atoms with Crippen LogP contribution in [0.1, 0.15) is 31.1 Å². The molecule has 0 radical (unpaired) electrons. The van der Waals surface area contributed by atoms with Crippen LogP contribution in [-0.4, -0.2) is 22.6 Å². The van der Waals surface area contributed by atoms with Gasteiger partial charge in [-0.15, -0.1) is 0 Å². The van der Waals surface area contributed by atoms with E-state index < -0.39 is 0 Å². The molecule has 2 aromatic rings. The predicted molar refractivity (Wildman–Crippen MR) is 79.7 cm³/mol. The second kappa shape index (κ2) is 7.01. The van der Waals surface area contributed by atoms with Gasteiger partial charge < -0.3 is 10.1 Å². The standard InChI is InChI=1S/C16H21N3O/c1-12-4-6-15(7-5-12)20-11-13(2)19-14(3)16-10-17-8-9-18-16/h4-10,13-14,19H,11H2,1-3H3. The molecule has 106 valence electrons. The third-order valence-electron chi connectivity index (χ3n) is 3.08. The molecule has 1 aromatic carbocycles. The molecule has 1 heterocycles. The Morgan fingerprint density at radius 2 is 1.90 bits per heavy atom. The lowest BCUT2D eigenvalue weighted by Gasteiger charge is -2.19. The smallest absolute Gasteiger partial charge is 0.119 e. The monoisotopic (exact) mass is 271 g/mol. The van der Waals surface area contributed by atoms with Crippen molar-refractivity contribution < 1.29 is 4.74 Å². The first-order chi connectivity index (χ1) is 9.65. The summed E-state index contributed by atoms with van der Waals surface area (Å²) in [6.45, 7) is 6.86. The summed E-state index contributed by atoms with van der Waals surface area (Å²) >= 11 is 0. The summed E-state index contributed by atoms with van der Waals surface area (Å²) < 4.78 is 5.76. The summed E-state index contributed by atoms with van der Waals surface area (Å²) in [6.07, 6.45) is 5.17. The van der Waals surface area contributed by atoms with Crippen LogP contribution < -0.4 is 10.1 Å². The van der Waals surface area contributed by atoms with Crippen molar-refractivity contribution in [2.45, 2.75) is 32.9 Å². The topological polar surface area (TPSA) is 47.0 Å². The lowest BCUT2D eigenvalue weighted by atomic mass is 10.2. The Morgan fingerprint density at radius 3 is 2.55 bits per heavy atom. The normalized spacial score (nSPS) is 13.8. The molecule has 0 saturated carbocycles. The molecule has 2 unspecified atom stereocenters. The molecule has 4 heteroatoms. The van der Waals surface area contributed by atoms with E-state index in [1.165, 1.54) is 5.56 Å². The van der Waals surface area contributed by atoms with Crippen LogP contribution in [0.15, 0.2) is 42.9 Å². The van der Waals surface area contributed by atoms with Crippen LogP contribution in [-0.2, 0) is 0 Å². The first-order valence-electron chi connectivity index (χ1n) is 6.86. The molecule has 0 saturated heterocycles. The molecule has 0 fully saturated rings. The number of hydrogen-bond acceptors (Lipinski definition) is 4. The van der Waals surface area contributed by atoms with E-state index in [1.807, 2.05) is 12.1 Å². The molecular weight excluding hydrogens is 250 g/mol. The summed E-state index contributed by atoms with van der Waals surface area (Å²) in [5.41, 5.74) is 2.18. The van der Waals surface area contributed by atoms with Gasteiger partial charge in [-0.1, -0.05) is 17.7 Å².